The number of ether oxygens (including phenoxy) is 1. The van der Waals surface area contributed by atoms with E-state index in [0.29, 0.717) is 31.2 Å². The van der Waals surface area contributed by atoms with E-state index in [-0.39, 0.29) is 12.4 Å². The van der Waals surface area contributed by atoms with Gasteiger partial charge in [0.1, 0.15) is 23.2 Å². The number of benzene rings is 1. The van der Waals surface area contributed by atoms with Gasteiger partial charge >= 0.3 is 6.36 Å². The Bertz CT molecular complexity index is 871. The van der Waals surface area contributed by atoms with Crippen molar-refractivity contribution in [2.45, 2.75) is 44.5 Å². The minimum absolute atomic E-state index is 0.103. The van der Waals surface area contributed by atoms with E-state index in [1.54, 1.807) is 6.07 Å². The summed E-state index contributed by atoms with van der Waals surface area (Å²) in [6, 6.07) is 6.38. The molecule has 1 aromatic heterocycles. The molecule has 6 nitrogen and oxygen atoms in total. The molecular weight excluding hydrogens is 385 g/mol. The SMILES string of the molecule is OCCCNc1cc(N2CCc3ccc(OC(F)(F)F)cc3C2)nc(C2CC2)n1. The molecule has 0 unspecified atom stereocenters. The third-order valence-electron chi connectivity index (χ3n) is 5.06. The summed E-state index contributed by atoms with van der Waals surface area (Å²) in [7, 11) is 0. The minimum Gasteiger partial charge on any atom is -0.406 e. The van der Waals surface area contributed by atoms with Crippen molar-refractivity contribution in [1.29, 1.82) is 0 Å². The highest BCUT2D eigenvalue weighted by molar-refractivity contribution is 5.52. The second kappa shape index (κ2) is 8.06. The third kappa shape index (κ3) is 5.09. The standard InChI is InChI=1S/C20H23F3N4O2/c21-20(22,23)29-16-5-4-13-6-8-27(12-15(13)10-16)18-11-17(24-7-1-9-28)25-19(26-18)14-2-3-14/h4-5,10-11,14,28H,1-3,6-9,12H2,(H,24,25,26). The molecule has 1 fully saturated rings. The summed E-state index contributed by atoms with van der Waals surface area (Å²) in [6.45, 7) is 1.90. The molecule has 4 rings (SSSR count). The summed E-state index contributed by atoms with van der Waals surface area (Å²) in [5.41, 5.74) is 1.83. The molecule has 156 valence electrons. The number of nitrogens with one attached hydrogen (secondary N) is 1. The van der Waals surface area contributed by atoms with Gasteiger partial charge in [-0.15, -0.1) is 13.2 Å². The maximum absolute atomic E-state index is 12.5. The van der Waals surface area contributed by atoms with E-state index in [0.717, 1.165) is 48.6 Å². The molecule has 0 saturated heterocycles. The molecule has 1 aromatic carbocycles. The number of alkyl halides is 3. The molecule has 29 heavy (non-hydrogen) atoms. The molecule has 1 aliphatic carbocycles. The fourth-order valence-corrected chi connectivity index (χ4v) is 3.45. The molecule has 1 saturated carbocycles. The van der Waals surface area contributed by atoms with Crippen LogP contribution in [0.25, 0.3) is 0 Å². The normalized spacial score (nSPS) is 16.5. The lowest BCUT2D eigenvalue weighted by Gasteiger charge is -2.30. The smallest absolute Gasteiger partial charge is 0.406 e. The number of hydrogen-bond acceptors (Lipinski definition) is 6. The Morgan fingerprint density at radius 1 is 1.17 bits per heavy atom. The summed E-state index contributed by atoms with van der Waals surface area (Å²) in [4.78, 5) is 11.4. The van der Waals surface area contributed by atoms with E-state index in [4.69, 9.17) is 10.1 Å². The van der Waals surface area contributed by atoms with Crippen LogP contribution in [0.3, 0.4) is 0 Å². The number of aliphatic hydroxyl groups is 1. The van der Waals surface area contributed by atoms with E-state index < -0.39 is 6.36 Å². The Morgan fingerprint density at radius 2 is 2.00 bits per heavy atom. The predicted molar refractivity (Wildman–Crippen MR) is 102 cm³/mol. The summed E-state index contributed by atoms with van der Waals surface area (Å²) in [5.74, 6) is 2.45. The van der Waals surface area contributed by atoms with Crippen molar-refractivity contribution in [2.24, 2.45) is 0 Å². The topological polar surface area (TPSA) is 70.5 Å². The quantitative estimate of drug-likeness (QED) is 0.682. The number of fused-ring (bicyclic) bond motifs is 1. The van der Waals surface area contributed by atoms with E-state index in [1.165, 1.54) is 12.1 Å². The molecule has 2 aliphatic rings. The summed E-state index contributed by atoms with van der Waals surface area (Å²) in [5, 5.41) is 12.2. The third-order valence-corrected chi connectivity index (χ3v) is 5.06. The summed E-state index contributed by atoms with van der Waals surface area (Å²) < 4.78 is 41.7. The first kappa shape index (κ1) is 19.8. The maximum Gasteiger partial charge on any atom is 0.573 e. The summed E-state index contributed by atoms with van der Waals surface area (Å²) in [6.07, 6.45) is -1.22. The molecule has 0 spiro atoms. The van der Waals surface area contributed by atoms with Crippen molar-refractivity contribution in [3.63, 3.8) is 0 Å². The van der Waals surface area contributed by atoms with Crippen LogP contribution in [0.2, 0.25) is 0 Å². The van der Waals surface area contributed by atoms with E-state index in [1.807, 2.05) is 6.07 Å². The number of aliphatic hydroxyl groups excluding tert-OH is 1. The number of halogens is 3. The van der Waals surface area contributed by atoms with E-state index in [2.05, 4.69) is 19.9 Å². The predicted octanol–water partition coefficient (Wildman–Crippen LogP) is 3.61. The van der Waals surface area contributed by atoms with Crippen molar-refractivity contribution < 1.29 is 23.0 Å². The molecule has 0 radical (unpaired) electrons. The van der Waals surface area contributed by atoms with Gasteiger partial charge in [-0.25, -0.2) is 9.97 Å². The minimum atomic E-state index is -4.70. The number of hydrogen-bond donors (Lipinski definition) is 2. The molecule has 2 N–H and O–H groups in total. The van der Waals surface area contributed by atoms with Gasteiger partial charge in [-0.05, 0) is 48.9 Å². The Labute approximate surface area is 166 Å². The molecular formula is C20H23F3N4O2. The van der Waals surface area contributed by atoms with Gasteiger partial charge in [0.2, 0.25) is 0 Å². The van der Waals surface area contributed by atoms with Crippen molar-refractivity contribution in [3.05, 3.63) is 41.2 Å². The number of rotatable bonds is 7. The average Bonchev–Trinajstić information content (AvgIpc) is 3.51. The molecule has 0 atom stereocenters. The fourth-order valence-electron chi connectivity index (χ4n) is 3.45. The highest BCUT2D eigenvalue weighted by atomic mass is 19.4. The molecule has 1 aliphatic heterocycles. The molecule has 0 bridgehead atoms. The van der Waals surface area contributed by atoms with Crippen molar-refractivity contribution >= 4 is 11.6 Å². The lowest BCUT2D eigenvalue weighted by atomic mass is 9.99. The molecule has 2 aromatic rings. The first-order valence-corrected chi connectivity index (χ1v) is 9.77. The Kier molecular flexibility index (Phi) is 5.49. The zero-order valence-electron chi connectivity index (χ0n) is 15.9. The molecule has 2 heterocycles. The molecule has 0 amide bonds. The Hall–Kier alpha value is -2.55. The van der Waals surface area contributed by atoms with Crippen molar-refractivity contribution in [1.82, 2.24) is 9.97 Å². The van der Waals surface area contributed by atoms with Crippen LogP contribution in [-0.2, 0) is 13.0 Å². The summed E-state index contributed by atoms with van der Waals surface area (Å²) >= 11 is 0. The van der Waals surface area contributed by atoms with Crippen LogP contribution < -0.4 is 15.0 Å². The average molecular weight is 408 g/mol. The first-order valence-electron chi connectivity index (χ1n) is 9.77. The van der Waals surface area contributed by atoms with Gasteiger partial charge in [0, 0.05) is 38.2 Å². The van der Waals surface area contributed by atoms with Crippen LogP contribution in [0.5, 0.6) is 5.75 Å². The van der Waals surface area contributed by atoms with Crippen LogP contribution in [0.1, 0.15) is 42.1 Å². The first-order chi connectivity index (χ1) is 13.9. The van der Waals surface area contributed by atoms with Crippen LogP contribution in [0, 0.1) is 0 Å². The Morgan fingerprint density at radius 3 is 2.72 bits per heavy atom. The zero-order valence-corrected chi connectivity index (χ0v) is 15.9. The van der Waals surface area contributed by atoms with E-state index in [9.17, 15) is 13.2 Å². The lowest BCUT2D eigenvalue weighted by molar-refractivity contribution is -0.274. The van der Waals surface area contributed by atoms with Gasteiger partial charge in [0.05, 0.1) is 0 Å². The number of aromatic nitrogens is 2. The number of anilines is 2. The van der Waals surface area contributed by atoms with Crippen LogP contribution in [0.4, 0.5) is 24.8 Å². The van der Waals surface area contributed by atoms with Gasteiger partial charge in [-0.1, -0.05) is 6.07 Å². The molecule has 9 heteroatoms. The fraction of sp³-hybridized carbons (Fsp3) is 0.500. The largest absolute Gasteiger partial charge is 0.573 e. The van der Waals surface area contributed by atoms with Gasteiger partial charge in [0.15, 0.2) is 0 Å². The number of nitrogens with zero attached hydrogens (tertiary/aromatic N) is 3. The van der Waals surface area contributed by atoms with Crippen LogP contribution >= 0.6 is 0 Å². The van der Waals surface area contributed by atoms with E-state index >= 15 is 0 Å². The Balaban J connectivity index is 1.55. The highest BCUT2D eigenvalue weighted by Gasteiger charge is 2.32. The van der Waals surface area contributed by atoms with Crippen molar-refractivity contribution in [2.75, 3.05) is 29.9 Å². The second-order valence-corrected chi connectivity index (χ2v) is 7.40. The van der Waals surface area contributed by atoms with Crippen LogP contribution in [-0.4, -0.2) is 41.1 Å². The van der Waals surface area contributed by atoms with Gasteiger partial charge < -0.3 is 20.1 Å². The second-order valence-electron chi connectivity index (χ2n) is 7.40. The van der Waals surface area contributed by atoms with Gasteiger partial charge in [-0.2, -0.15) is 0 Å². The van der Waals surface area contributed by atoms with Crippen LogP contribution in [0.15, 0.2) is 24.3 Å². The monoisotopic (exact) mass is 408 g/mol. The highest BCUT2D eigenvalue weighted by Crippen LogP contribution is 2.39. The van der Waals surface area contributed by atoms with Gasteiger partial charge in [0.25, 0.3) is 0 Å². The zero-order chi connectivity index (χ0) is 20.4. The van der Waals surface area contributed by atoms with Gasteiger partial charge in [-0.3, -0.25) is 0 Å². The maximum atomic E-state index is 12.5. The lowest BCUT2D eigenvalue weighted by Crippen LogP contribution is -2.31. The van der Waals surface area contributed by atoms with Crippen molar-refractivity contribution in [3.8, 4) is 5.75 Å².